The number of azide groups is 1. The number of nitrogens with zero attached hydrogens (tertiary/aromatic N) is 3. The molecule has 0 fully saturated rings. The van der Waals surface area contributed by atoms with Crippen molar-refractivity contribution in [1.82, 2.24) is 0 Å². The largest absolute Gasteiger partial charge is 0.0829 e. The first kappa shape index (κ1) is 7.16. The summed E-state index contributed by atoms with van der Waals surface area (Å²) in [5, 5.41) is 3.72. The summed E-state index contributed by atoms with van der Waals surface area (Å²) in [6, 6.07) is 0. The molecule has 0 saturated heterocycles. The standard InChI is InChI=1S/C7H11N3/c1-5-4-7(3,6(5)2)9-10-8/h4H2,1-3H3. The molecule has 3 heteroatoms. The van der Waals surface area contributed by atoms with Crippen molar-refractivity contribution in [2.45, 2.75) is 32.7 Å². The van der Waals surface area contributed by atoms with Gasteiger partial charge in [-0.25, -0.2) is 0 Å². The molecule has 0 aliphatic heterocycles. The summed E-state index contributed by atoms with van der Waals surface area (Å²) in [4.78, 5) is 2.81. The topological polar surface area (TPSA) is 48.8 Å². The lowest BCUT2D eigenvalue weighted by Crippen LogP contribution is -2.32. The highest BCUT2D eigenvalue weighted by Gasteiger charge is 2.34. The molecule has 0 spiro atoms. The van der Waals surface area contributed by atoms with Crippen molar-refractivity contribution in [1.29, 1.82) is 0 Å². The van der Waals surface area contributed by atoms with Gasteiger partial charge in [-0.15, -0.1) is 0 Å². The van der Waals surface area contributed by atoms with Crippen molar-refractivity contribution in [2.75, 3.05) is 0 Å². The van der Waals surface area contributed by atoms with Gasteiger partial charge in [0.15, 0.2) is 0 Å². The van der Waals surface area contributed by atoms with Gasteiger partial charge in [0.1, 0.15) is 0 Å². The molecule has 1 aliphatic rings. The summed E-state index contributed by atoms with van der Waals surface area (Å²) in [6.07, 6.45) is 0.920. The maximum atomic E-state index is 8.21. The SMILES string of the molecule is CC1=C(C)C(C)(N=[N+]=[N-])C1. The molecule has 0 amide bonds. The molecule has 0 aromatic heterocycles. The van der Waals surface area contributed by atoms with Crippen LogP contribution in [0.2, 0.25) is 0 Å². The fourth-order valence-electron chi connectivity index (χ4n) is 1.34. The molecule has 10 heavy (non-hydrogen) atoms. The molecular weight excluding hydrogens is 126 g/mol. The Morgan fingerprint density at radius 2 is 2.20 bits per heavy atom. The molecule has 1 aliphatic carbocycles. The smallest absolute Gasteiger partial charge is 0.0706 e. The highest BCUT2D eigenvalue weighted by atomic mass is 15.2. The van der Waals surface area contributed by atoms with Gasteiger partial charge in [0.05, 0.1) is 5.54 Å². The van der Waals surface area contributed by atoms with Crippen LogP contribution >= 0.6 is 0 Å². The van der Waals surface area contributed by atoms with Gasteiger partial charge in [-0.05, 0) is 32.7 Å². The first-order chi connectivity index (χ1) is 4.60. The van der Waals surface area contributed by atoms with Gasteiger partial charge in [0.2, 0.25) is 0 Å². The molecular formula is C7H11N3. The van der Waals surface area contributed by atoms with Crippen molar-refractivity contribution in [3.63, 3.8) is 0 Å². The zero-order valence-corrected chi connectivity index (χ0v) is 6.55. The van der Waals surface area contributed by atoms with E-state index in [1.807, 2.05) is 13.8 Å². The van der Waals surface area contributed by atoms with Crippen LogP contribution in [-0.4, -0.2) is 5.54 Å². The summed E-state index contributed by atoms with van der Waals surface area (Å²) >= 11 is 0. The van der Waals surface area contributed by atoms with Crippen LogP contribution in [0.3, 0.4) is 0 Å². The molecule has 0 bridgehead atoms. The average molecular weight is 137 g/mol. The van der Waals surface area contributed by atoms with Crippen LogP contribution in [0.15, 0.2) is 16.3 Å². The van der Waals surface area contributed by atoms with Crippen LogP contribution in [-0.2, 0) is 0 Å². The van der Waals surface area contributed by atoms with Gasteiger partial charge in [-0.1, -0.05) is 16.3 Å². The van der Waals surface area contributed by atoms with E-state index >= 15 is 0 Å². The van der Waals surface area contributed by atoms with E-state index in [1.54, 1.807) is 0 Å². The van der Waals surface area contributed by atoms with Crippen molar-refractivity contribution in [2.24, 2.45) is 5.11 Å². The summed E-state index contributed by atoms with van der Waals surface area (Å²) in [5.74, 6) is 0. The molecule has 0 aromatic rings. The van der Waals surface area contributed by atoms with Crippen molar-refractivity contribution in [3.8, 4) is 0 Å². The van der Waals surface area contributed by atoms with E-state index in [1.165, 1.54) is 11.1 Å². The van der Waals surface area contributed by atoms with Crippen molar-refractivity contribution >= 4 is 0 Å². The third-order valence-electron chi connectivity index (χ3n) is 2.32. The Kier molecular flexibility index (Phi) is 1.45. The first-order valence-electron chi connectivity index (χ1n) is 3.33. The van der Waals surface area contributed by atoms with E-state index in [4.69, 9.17) is 5.53 Å². The Morgan fingerprint density at radius 1 is 1.60 bits per heavy atom. The van der Waals surface area contributed by atoms with Crippen LogP contribution in [0.5, 0.6) is 0 Å². The Bertz CT molecular complexity index is 235. The minimum atomic E-state index is -0.209. The fourth-order valence-corrected chi connectivity index (χ4v) is 1.34. The number of rotatable bonds is 1. The third-order valence-corrected chi connectivity index (χ3v) is 2.32. The van der Waals surface area contributed by atoms with Gasteiger partial charge >= 0.3 is 0 Å². The minimum absolute atomic E-state index is 0.209. The lowest BCUT2D eigenvalue weighted by atomic mass is 9.74. The van der Waals surface area contributed by atoms with E-state index in [0.29, 0.717) is 0 Å². The Balaban J connectivity index is 2.90. The van der Waals surface area contributed by atoms with E-state index in [-0.39, 0.29) is 5.54 Å². The lowest BCUT2D eigenvalue weighted by molar-refractivity contribution is 0.473. The van der Waals surface area contributed by atoms with Gasteiger partial charge in [0, 0.05) is 4.91 Å². The Labute approximate surface area is 60.4 Å². The lowest BCUT2D eigenvalue weighted by Gasteiger charge is -2.36. The molecule has 0 aromatic carbocycles. The second-order valence-corrected chi connectivity index (χ2v) is 3.05. The zero-order valence-electron chi connectivity index (χ0n) is 6.55. The van der Waals surface area contributed by atoms with Crippen LogP contribution in [0.1, 0.15) is 27.2 Å². The average Bonchev–Trinajstić information content (AvgIpc) is 1.88. The molecule has 3 nitrogen and oxygen atoms in total. The quantitative estimate of drug-likeness (QED) is 0.231. The molecule has 1 rings (SSSR count). The molecule has 0 radical (unpaired) electrons. The monoisotopic (exact) mass is 137 g/mol. The van der Waals surface area contributed by atoms with E-state index in [9.17, 15) is 0 Å². The minimum Gasteiger partial charge on any atom is -0.0829 e. The highest BCUT2D eigenvalue weighted by Crippen LogP contribution is 2.40. The van der Waals surface area contributed by atoms with Gasteiger partial charge < -0.3 is 0 Å². The first-order valence-corrected chi connectivity index (χ1v) is 3.33. The van der Waals surface area contributed by atoms with Crippen LogP contribution in [0, 0.1) is 0 Å². The zero-order chi connectivity index (χ0) is 7.78. The molecule has 0 saturated carbocycles. The van der Waals surface area contributed by atoms with Gasteiger partial charge in [-0.3, -0.25) is 0 Å². The molecule has 0 heterocycles. The summed E-state index contributed by atoms with van der Waals surface area (Å²) in [5.41, 5.74) is 10.6. The Morgan fingerprint density at radius 3 is 2.50 bits per heavy atom. The van der Waals surface area contributed by atoms with Crippen molar-refractivity contribution in [3.05, 3.63) is 21.6 Å². The Hall–Kier alpha value is -0.950. The third kappa shape index (κ3) is 0.792. The number of hydrogen-bond donors (Lipinski definition) is 0. The van der Waals surface area contributed by atoms with Crippen LogP contribution < -0.4 is 0 Å². The van der Waals surface area contributed by atoms with Crippen molar-refractivity contribution < 1.29 is 0 Å². The molecule has 1 unspecified atom stereocenters. The predicted molar refractivity (Wildman–Crippen MR) is 40.5 cm³/mol. The summed E-state index contributed by atoms with van der Waals surface area (Å²) in [6.45, 7) is 6.06. The second kappa shape index (κ2) is 2.03. The fraction of sp³-hybridized carbons (Fsp3) is 0.714. The van der Waals surface area contributed by atoms with Gasteiger partial charge in [0.25, 0.3) is 0 Å². The normalized spacial score (nSPS) is 31.1. The second-order valence-electron chi connectivity index (χ2n) is 3.05. The summed E-state index contributed by atoms with van der Waals surface area (Å²) in [7, 11) is 0. The summed E-state index contributed by atoms with van der Waals surface area (Å²) < 4.78 is 0. The highest BCUT2D eigenvalue weighted by molar-refractivity contribution is 5.35. The molecule has 1 atom stereocenters. The maximum absolute atomic E-state index is 8.21. The van der Waals surface area contributed by atoms with E-state index < -0.39 is 0 Å². The van der Waals surface area contributed by atoms with Crippen LogP contribution in [0.4, 0.5) is 0 Å². The molecule has 54 valence electrons. The van der Waals surface area contributed by atoms with Crippen LogP contribution in [0.25, 0.3) is 10.4 Å². The molecule has 0 N–H and O–H groups in total. The van der Waals surface area contributed by atoms with Gasteiger partial charge in [-0.2, -0.15) is 0 Å². The van der Waals surface area contributed by atoms with E-state index in [0.717, 1.165) is 6.42 Å². The maximum Gasteiger partial charge on any atom is 0.0706 e. The predicted octanol–water partition coefficient (Wildman–Crippen LogP) is 2.80. The van der Waals surface area contributed by atoms with E-state index in [2.05, 4.69) is 16.9 Å². The number of hydrogen-bond acceptors (Lipinski definition) is 1.